The van der Waals surface area contributed by atoms with Crippen LogP contribution in [0.25, 0.3) is 6.08 Å². The highest BCUT2D eigenvalue weighted by molar-refractivity contribution is 8.18. The maximum atomic E-state index is 12.7. The van der Waals surface area contributed by atoms with Crippen molar-refractivity contribution >= 4 is 63.8 Å². The minimum atomic E-state index is -0.310. The smallest absolute Gasteiger partial charge is 0.293 e. The van der Waals surface area contributed by atoms with Crippen LogP contribution in [0.4, 0.5) is 4.79 Å². The SMILES string of the molecule is O=C1S/C(=C\c2ccc(OCc3ccc(Cl)c(Cl)c3)cc2)C(=O)N1Cc1ccc(Cl)cc1. The number of nitrogens with zero attached hydrogens (tertiary/aromatic N) is 1. The molecule has 1 saturated heterocycles. The fourth-order valence-corrected chi connectivity index (χ4v) is 4.30. The molecule has 2 amide bonds. The minimum absolute atomic E-state index is 0.209. The normalized spacial score (nSPS) is 15.0. The second kappa shape index (κ2) is 10.0. The van der Waals surface area contributed by atoms with Gasteiger partial charge in [-0.25, -0.2) is 0 Å². The summed E-state index contributed by atoms with van der Waals surface area (Å²) in [5.41, 5.74) is 2.53. The summed E-state index contributed by atoms with van der Waals surface area (Å²) in [6.45, 7) is 0.556. The van der Waals surface area contributed by atoms with E-state index in [-0.39, 0.29) is 17.7 Å². The fraction of sp³-hybridized carbons (Fsp3) is 0.0833. The molecule has 0 aliphatic carbocycles. The summed E-state index contributed by atoms with van der Waals surface area (Å²) in [6.07, 6.45) is 1.70. The average Bonchev–Trinajstić information content (AvgIpc) is 3.04. The highest BCUT2D eigenvalue weighted by atomic mass is 35.5. The molecular weight excluding hydrogens is 489 g/mol. The Balaban J connectivity index is 1.40. The van der Waals surface area contributed by atoms with Crippen LogP contribution in [0.3, 0.4) is 0 Å². The van der Waals surface area contributed by atoms with Crippen LogP contribution < -0.4 is 4.74 Å². The summed E-state index contributed by atoms with van der Waals surface area (Å²) in [5.74, 6) is 0.360. The lowest BCUT2D eigenvalue weighted by atomic mass is 10.2. The Hall–Kier alpha value is -2.44. The van der Waals surface area contributed by atoms with Gasteiger partial charge < -0.3 is 4.74 Å². The van der Waals surface area contributed by atoms with Gasteiger partial charge in [-0.1, -0.05) is 65.1 Å². The number of ether oxygens (including phenoxy) is 1. The molecule has 32 heavy (non-hydrogen) atoms. The number of carbonyl (C=O) groups is 2. The van der Waals surface area contributed by atoms with Gasteiger partial charge in [-0.2, -0.15) is 0 Å². The number of hydrogen-bond donors (Lipinski definition) is 0. The van der Waals surface area contributed by atoms with Crippen LogP contribution in [0.5, 0.6) is 5.75 Å². The largest absolute Gasteiger partial charge is 0.489 e. The van der Waals surface area contributed by atoms with Crippen LogP contribution in [0, 0.1) is 0 Å². The van der Waals surface area contributed by atoms with Gasteiger partial charge >= 0.3 is 0 Å². The first-order valence-corrected chi connectivity index (χ1v) is 11.5. The zero-order valence-corrected chi connectivity index (χ0v) is 19.6. The molecule has 4 rings (SSSR count). The Morgan fingerprint density at radius 3 is 2.22 bits per heavy atom. The quantitative estimate of drug-likeness (QED) is 0.327. The zero-order chi connectivity index (χ0) is 22.7. The molecule has 0 saturated carbocycles. The number of amides is 2. The second-order valence-corrected chi connectivity index (χ2v) is 9.24. The molecule has 3 aromatic rings. The van der Waals surface area contributed by atoms with E-state index in [1.165, 1.54) is 4.90 Å². The van der Waals surface area contributed by atoms with Crippen LogP contribution >= 0.6 is 46.6 Å². The number of halogens is 3. The van der Waals surface area contributed by atoms with Gasteiger partial charge in [-0.3, -0.25) is 14.5 Å². The van der Waals surface area contributed by atoms with Gasteiger partial charge in [0.1, 0.15) is 12.4 Å². The zero-order valence-electron chi connectivity index (χ0n) is 16.6. The third-order valence-corrected chi connectivity index (χ3v) is 6.59. The molecule has 4 nitrogen and oxygen atoms in total. The average molecular weight is 505 g/mol. The molecule has 0 bridgehead atoms. The van der Waals surface area contributed by atoms with Crippen molar-refractivity contribution in [1.82, 2.24) is 4.90 Å². The van der Waals surface area contributed by atoms with E-state index in [0.29, 0.717) is 32.3 Å². The molecule has 0 N–H and O–H groups in total. The van der Waals surface area contributed by atoms with Gasteiger partial charge in [0.05, 0.1) is 21.5 Å². The van der Waals surface area contributed by atoms with E-state index in [1.807, 2.05) is 18.2 Å². The Kier molecular flexibility index (Phi) is 7.11. The van der Waals surface area contributed by atoms with Crippen molar-refractivity contribution in [3.05, 3.63) is 103 Å². The molecule has 0 aromatic heterocycles. The second-order valence-electron chi connectivity index (χ2n) is 7.00. The molecule has 0 spiro atoms. The third-order valence-electron chi connectivity index (χ3n) is 4.69. The van der Waals surface area contributed by atoms with Gasteiger partial charge in [0.2, 0.25) is 0 Å². The van der Waals surface area contributed by atoms with Gasteiger partial charge in [0, 0.05) is 5.02 Å². The number of carbonyl (C=O) groups excluding carboxylic acids is 2. The van der Waals surface area contributed by atoms with Gasteiger partial charge in [-0.15, -0.1) is 0 Å². The van der Waals surface area contributed by atoms with E-state index in [1.54, 1.807) is 54.6 Å². The molecular formula is C24H16Cl3NO3S. The van der Waals surface area contributed by atoms with Gasteiger partial charge in [0.25, 0.3) is 11.1 Å². The molecule has 3 aromatic carbocycles. The predicted molar refractivity (Wildman–Crippen MR) is 130 cm³/mol. The first-order chi connectivity index (χ1) is 15.4. The van der Waals surface area contributed by atoms with Crippen molar-refractivity contribution in [3.8, 4) is 5.75 Å². The minimum Gasteiger partial charge on any atom is -0.489 e. The van der Waals surface area contributed by atoms with E-state index in [2.05, 4.69) is 0 Å². The molecule has 162 valence electrons. The third kappa shape index (κ3) is 5.48. The first-order valence-electron chi connectivity index (χ1n) is 9.55. The van der Waals surface area contributed by atoms with Crippen molar-refractivity contribution in [2.75, 3.05) is 0 Å². The molecule has 1 fully saturated rings. The molecule has 8 heteroatoms. The Morgan fingerprint density at radius 1 is 0.844 bits per heavy atom. The summed E-state index contributed by atoms with van der Waals surface area (Å²) in [5, 5.41) is 1.29. The van der Waals surface area contributed by atoms with Gasteiger partial charge in [0.15, 0.2) is 0 Å². The predicted octanol–water partition coefficient (Wildman–Crippen LogP) is 7.46. The van der Waals surface area contributed by atoms with Crippen molar-refractivity contribution < 1.29 is 14.3 Å². The number of thioether (sulfide) groups is 1. The van der Waals surface area contributed by atoms with Crippen LogP contribution in [-0.4, -0.2) is 16.0 Å². The molecule has 0 radical (unpaired) electrons. The van der Waals surface area contributed by atoms with Crippen LogP contribution in [0.2, 0.25) is 15.1 Å². The number of rotatable bonds is 6. The standard InChI is InChI=1S/C24H16Cl3NO3S/c25-18-6-1-16(2-7-18)13-28-23(29)22(32-24(28)30)12-15-3-8-19(9-4-15)31-14-17-5-10-20(26)21(27)11-17/h1-12H,13-14H2/b22-12-. The Bertz CT molecular complexity index is 1190. The van der Waals surface area contributed by atoms with Crippen molar-refractivity contribution in [1.29, 1.82) is 0 Å². The van der Waals surface area contributed by atoms with Crippen molar-refractivity contribution in [3.63, 3.8) is 0 Å². The van der Waals surface area contributed by atoms with Crippen molar-refractivity contribution in [2.24, 2.45) is 0 Å². The monoisotopic (exact) mass is 503 g/mol. The van der Waals surface area contributed by atoms with E-state index in [4.69, 9.17) is 39.5 Å². The summed E-state index contributed by atoms with van der Waals surface area (Å²) in [6, 6.07) is 19.7. The van der Waals surface area contributed by atoms with E-state index >= 15 is 0 Å². The lowest BCUT2D eigenvalue weighted by Crippen LogP contribution is -2.27. The van der Waals surface area contributed by atoms with Gasteiger partial charge in [-0.05, 0) is 70.9 Å². The van der Waals surface area contributed by atoms with E-state index in [0.717, 1.165) is 28.5 Å². The van der Waals surface area contributed by atoms with Crippen molar-refractivity contribution in [2.45, 2.75) is 13.2 Å². The Morgan fingerprint density at radius 2 is 1.53 bits per heavy atom. The highest BCUT2D eigenvalue weighted by Gasteiger charge is 2.34. The molecule has 1 aliphatic heterocycles. The molecule has 0 atom stereocenters. The summed E-state index contributed by atoms with van der Waals surface area (Å²) >= 11 is 18.8. The van der Waals surface area contributed by atoms with E-state index < -0.39 is 0 Å². The molecule has 0 unspecified atom stereocenters. The van der Waals surface area contributed by atoms with E-state index in [9.17, 15) is 9.59 Å². The molecule has 1 aliphatic rings. The maximum Gasteiger partial charge on any atom is 0.293 e. The highest BCUT2D eigenvalue weighted by Crippen LogP contribution is 2.33. The summed E-state index contributed by atoms with van der Waals surface area (Å²) in [4.78, 5) is 26.7. The maximum absolute atomic E-state index is 12.7. The number of benzene rings is 3. The van der Waals surface area contributed by atoms with Crippen LogP contribution in [-0.2, 0) is 17.9 Å². The summed E-state index contributed by atoms with van der Waals surface area (Å²) < 4.78 is 5.78. The summed E-state index contributed by atoms with van der Waals surface area (Å²) in [7, 11) is 0. The van der Waals surface area contributed by atoms with Crippen LogP contribution in [0.1, 0.15) is 16.7 Å². The van der Waals surface area contributed by atoms with Crippen LogP contribution in [0.15, 0.2) is 71.6 Å². The Labute approximate surface area is 204 Å². The fourth-order valence-electron chi connectivity index (χ4n) is 3.02. The number of imide groups is 1. The lowest BCUT2D eigenvalue weighted by molar-refractivity contribution is -0.123. The number of hydrogen-bond acceptors (Lipinski definition) is 4. The molecule has 1 heterocycles. The topological polar surface area (TPSA) is 46.6 Å². The first kappa shape index (κ1) is 22.7. The lowest BCUT2D eigenvalue weighted by Gasteiger charge is -2.12.